The van der Waals surface area contributed by atoms with Crippen LogP contribution in [0.15, 0.2) is 28.8 Å². The molecule has 24 heavy (non-hydrogen) atoms. The average Bonchev–Trinajstić information content (AvgIpc) is 2.99. The van der Waals surface area contributed by atoms with Crippen LogP contribution in [0.4, 0.5) is 11.5 Å². The van der Waals surface area contributed by atoms with Gasteiger partial charge in [-0.3, -0.25) is 4.79 Å². The first-order valence-electron chi connectivity index (χ1n) is 7.75. The fourth-order valence-electron chi connectivity index (χ4n) is 2.84. The second kappa shape index (κ2) is 6.93. The molecule has 1 aromatic heterocycles. The number of nitrogens with one attached hydrogen (secondary N) is 1. The number of nitrogens with zero attached hydrogens (tertiary/aromatic N) is 3. The van der Waals surface area contributed by atoms with E-state index in [-0.39, 0.29) is 11.8 Å². The molecule has 1 fully saturated rings. The lowest BCUT2D eigenvalue weighted by Gasteiger charge is -2.33. The predicted molar refractivity (Wildman–Crippen MR) is 91.0 cm³/mol. The summed E-state index contributed by atoms with van der Waals surface area (Å²) in [4.78, 5) is 14.5. The molecule has 1 amide bonds. The van der Waals surface area contributed by atoms with Crippen LogP contribution < -0.4 is 10.2 Å². The van der Waals surface area contributed by atoms with Crippen molar-refractivity contribution in [1.29, 1.82) is 5.26 Å². The van der Waals surface area contributed by atoms with Crippen LogP contribution in [0.5, 0.6) is 0 Å². The summed E-state index contributed by atoms with van der Waals surface area (Å²) < 4.78 is 4.95. The van der Waals surface area contributed by atoms with Gasteiger partial charge in [0.1, 0.15) is 11.8 Å². The van der Waals surface area contributed by atoms with Crippen molar-refractivity contribution < 1.29 is 9.32 Å². The van der Waals surface area contributed by atoms with E-state index in [1.807, 2.05) is 6.07 Å². The minimum Gasteiger partial charge on any atom is -0.371 e. The molecular weight excluding hydrogens is 328 g/mol. The molecule has 0 spiro atoms. The minimum absolute atomic E-state index is 0.0270. The fraction of sp³-hybridized carbons (Fsp3) is 0.353. The number of anilines is 2. The lowest BCUT2D eigenvalue weighted by Crippen LogP contribution is -2.38. The quantitative estimate of drug-likeness (QED) is 0.923. The highest BCUT2D eigenvalue weighted by molar-refractivity contribution is 6.32. The minimum atomic E-state index is -0.0490. The zero-order valence-electron chi connectivity index (χ0n) is 13.3. The van der Waals surface area contributed by atoms with E-state index in [9.17, 15) is 4.79 Å². The smallest absolute Gasteiger partial charge is 0.228 e. The number of aromatic nitrogens is 1. The molecule has 0 unspecified atom stereocenters. The SMILES string of the molecule is Cc1cc(NC(=O)C2CCN(c3ccc(C#N)c(Cl)c3)CC2)no1. The summed E-state index contributed by atoms with van der Waals surface area (Å²) in [5.74, 6) is 1.05. The van der Waals surface area contributed by atoms with Gasteiger partial charge in [0, 0.05) is 30.8 Å². The molecule has 0 saturated carbocycles. The van der Waals surface area contributed by atoms with Gasteiger partial charge in [0.15, 0.2) is 5.82 Å². The Balaban J connectivity index is 1.58. The van der Waals surface area contributed by atoms with Crippen LogP contribution in [0.2, 0.25) is 5.02 Å². The third kappa shape index (κ3) is 3.52. The zero-order chi connectivity index (χ0) is 17.1. The topological polar surface area (TPSA) is 82.2 Å². The van der Waals surface area contributed by atoms with E-state index in [0.29, 0.717) is 22.2 Å². The van der Waals surface area contributed by atoms with E-state index in [0.717, 1.165) is 31.6 Å². The van der Waals surface area contributed by atoms with Gasteiger partial charge >= 0.3 is 0 Å². The third-order valence-electron chi connectivity index (χ3n) is 4.18. The molecule has 6 nitrogen and oxygen atoms in total. The number of hydrogen-bond donors (Lipinski definition) is 1. The number of halogens is 1. The number of aryl methyl sites for hydroxylation is 1. The molecule has 2 heterocycles. The van der Waals surface area contributed by atoms with E-state index in [2.05, 4.69) is 21.4 Å². The summed E-state index contributed by atoms with van der Waals surface area (Å²) in [6.45, 7) is 3.31. The second-order valence-corrected chi connectivity index (χ2v) is 6.26. The molecule has 0 radical (unpaired) electrons. The Kier molecular flexibility index (Phi) is 4.72. The molecule has 0 atom stereocenters. The highest BCUT2D eigenvalue weighted by atomic mass is 35.5. The summed E-state index contributed by atoms with van der Waals surface area (Å²) in [5, 5.41) is 16.0. The summed E-state index contributed by atoms with van der Waals surface area (Å²) in [6.07, 6.45) is 1.50. The maximum Gasteiger partial charge on any atom is 0.228 e. The number of nitriles is 1. The number of hydrogen-bond acceptors (Lipinski definition) is 5. The highest BCUT2D eigenvalue weighted by Gasteiger charge is 2.26. The molecule has 3 rings (SSSR count). The van der Waals surface area contributed by atoms with Crippen LogP contribution in [0.25, 0.3) is 0 Å². The van der Waals surface area contributed by atoms with E-state index in [1.54, 1.807) is 25.1 Å². The van der Waals surface area contributed by atoms with Gasteiger partial charge in [-0.05, 0) is 38.0 Å². The average molecular weight is 345 g/mol. The number of carbonyl (C=O) groups excluding carboxylic acids is 1. The van der Waals surface area contributed by atoms with E-state index < -0.39 is 0 Å². The Labute approximate surface area is 145 Å². The molecule has 0 bridgehead atoms. The fourth-order valence-corrected chi connectivity index (χ4v) is 3.06. The third-order valence-corrected chi connectivity index (χ3v) is 4.50. The largest absolute Gasteiger partial charge is 0.371 e. The van der Waals surface area contributed by atoms with E-state index in [1.165, 1.54) is 0 Å². The molecule has 1 N–H and O–H groups in total. The van der Waals surface area contributed by atoms with Crippen molar-refractivity contribution in [2.45, 2.75) is 19.8 Å². The van der Waals surface area contributed by atoms with Gasteiger partial charge < -0.3 is 14.7 Å². The van der Waals surface area contributed by atoms with Crippen molar-refractivity contribution >= 4 is 29.0 Å². The van der Waals surface area contributed by atoms with Gasteiger partial charge in [-0.1, -0.05) is 16.8 Å². The number of piperidine rings is 1. The van der Waals surface area contributed by atoms with Crippen molar-refractivity contribution in [3.63, 3.8) is 0 Å². The van der Waals surface area contributed by atoms with Crippen LogP contribution in [-0.2, 0) is 4.79 Å². The number of benzene rings is 1. The van der Waals surface area contributed by atoms with Gasteiger partial charge in [0.25, 0.3) is 0 Å². The van der Waals surface area contributed by atoms with Crippen LogP contribution >= 0.6 is 11.6 Å². The first-order chi connectivity index (χ1) is 11.6. The Morgan fingerprint density at radius 1 is 1.42 bits per heavy atom. The predicted octanol–water partition coefficient (Wildman–Crippen LogP) is 3.36. The number of rotatable bonds is 3. The van der Waals surface area contributed by atoms with Crippen LogP contribution in [0, 0.1) is 24.2 Å². The van der Waals surface area contributed by atoms with Crippen molar-refractivity contribution in [2.24, 2.45) is 5.92 Å². The molecule has 124 valence electrons. The molecule has 1 saturated heterocycles. The zero-order valence-corrected chi connectivity index (χ0v) is 14.0. The van der Waals surface area contributed by atoms with E-state index >= 15 is 0 Å². The van der Waals surface area contributed by atoms with Crippen LogP contribution in [0.1, 0.15) is 24.2 Å². The summed E-state index contributed by atoms with van der Waals surface area (Å²) >= 11 is 6.09. The molecule has 0 aliphatic carbocycles. The van der Waals surface area contributed by atoms with Crippen LogP contribution in [0.3, 0.4) is 0 Å². The van der Waals surface area contributed by atoms with E-state index in [4.69, 9.17) is 21.4 Å². The monoisotopic (exact) mass is 344 g/mol. The number of amides is 1. The first-order valence-corrected chi connectivity index (χ1v) is 8.13. The lowest BCUT2D eigenvalue weighted by molar-refractivity contribution is -0.120. The maximum absolute atomic E-state index is 12.3. The van der Waals surface area contributed by atoms with Gasteiger partial charge in [0.2, 0.25) is 5.91 Å². The molecule has 7 heteroatoms. The second-order valence-electron chi connectivity index (χ2n) is 5.85. The Morgan fingerprint density at radius 2 is 2.17 bits per heavy atom. The Bertz CT molecular complexity index is 788. The summed E-state index contributed by atoms with van der Waals surface area (Å²) in [5.41, 5.74) is 1.45. The first kappa shape index (κ1) is 16.3. The highest BCUT2D eigenvalue weighted by Crippen LogP contribution is 2.28. The Hall–Kier alpha value is -2.52. The van der Waals surface area contributed by atoms with Gasteiger partial charge in [-0.25, -0.2) is 0 Å². The van der Waals surface area contributed by atoms with Gasteiger partial charge in [-0.2, -0.15) is 5.26 Å². The standard InChI is InChI=1S/C17H17ClN4O2/c1-11-8-16(21-24-11)20-17(23)12-4-6-22(7-5-12)14-3-2-13(10-19)15(18)9-14/h2-3,8-9,12H,4-7H2,1H3,(H,20,21,23). The molecule has 2 aromatic rings. The Morgan fingerprint density at radius 3 is 2.75 bits per heavy atom. The molecule has 1 aliphatic rings. The summed E-state index contributed by atoms with van der Waals surface area (Å²) in [6, 6.07) is 9.18. The summed E-state index contributed by atoms with van der Waals surface area (Å²) in [7, 11) is 0. The molecular formula is C17H17ClN4O2. The van der Waals surface area contributed by atoms with Crippen molar-refractivity contribution in [3.05, 3.63) is 40.6 Å². The van der Waals surface area contributed by atoms with Crippen LogP contribution in [-0.4, -0.2) is 24.2 Å². The number of carbonyl (C=O) groups is 1. The lowest BCUT2D eigenvalue weighted by atomic mass is 9.95. The van der Waals surface area contributed by atoms with Crippen molar-refractivity contribution in [2.75, 3.05) is 23.3 Å². The normalized spacial score (nSPS) is 15.1. The molecule has 1 aromatic carbocycles. The molecule has 1 aliphatic heterocycles. The maximum atomic E-state index is 12.3. The van der Waals surface area contributed by atoms with Crippen molar-refractivity contribution in [1.82, 2.24) is 5.16 Å². The van der Waals surface area contributed by atoms with Gasteiger partial charge in [0.05, 0.1) is 10.6 Å². The van der Waals surface area contributed by atoms with Crippen molar-refractivity contribution in [3.8, 4) is 6.07 Å². The van der Waals surface area contributed by atoms with Gasteiger partial charge in [-0.15, -0.1) is 0 Å².